The Morgan fingerprint density at radius 3 is 2.88 bits per heavy atom. The number of pyridine rings is 1. The van der Waals surface area contributed by atoms with Crippen molar-refractivity contribution in [2.75, 3.05) is 13.7 Å². The second-order valence-corrected chi connectivity index (χ2v) is 6.31. The average molecular weight is 324 g/mol. The number of carbonyl (C=O) groups is 1. The molecule has 1 atom stereocenters. The Morgan fingerprint density at radius 2 is 2.08 bits per heavy atom. The van der Waals surface area contributed by atoms with E-state index in [4.69, 9.17) is 4.74 Å². The normalized spacial score (nSPS) is 17.0. The van der Waals surface area contributed by atoms with Gasteiger partial charge in [0.05, 0.1) is 13.5 Å². The number of hydrogen-bond donors (Lipinski definition) is 0. The topological polar surface area (TPSA) is 42.4 Å². The molecule has 0 spiro atoms. The van der Waals surface area contributed by atoms with Crippen molar-refractivity contribution in [3.05, 3.63) is 59.9 Å². The van der Waals surface area contributed by atoms with Crippen molar-refractivity contribution in [3.63, 3.8) is 0 Å². The molecule has 1 fully saturated rings. The summed E-state index contributed by atoms with van der Waals surface area (Å²) in [7, 11) is 1.65. The quantitative estimate of drug-likeness (QED) is 0.819. The molecule has 1 aliphatic rings. The molecule has 0 unspecified atom stereocenters. The highest BCUT2D eigenvalue weighted by atomic mass is 16.5. The van der Waals surface area contributed by atoms with E-state index in [1.807, 2.05) is 36.7 Å². The van der Waals surface area contributed by atoms with E-state index in [0.717, 1.165) is 43.5 Å². The van der Waals surface area contributed by atoms with Gasteiger partial charge in [-0.05, 0) is 61.1 Å². The summed E-state index contributed by atoms with van der Waals surface area (Å²) in [5.41, 5.74) is 2.30. The Labute approximate surface area is 143 Å². The minimum atomic E-state index is 0.223. The molecule has 1 aromatic carbocycles. The van der Waals surface area contributed by atoms with Gasteiger partial charge in [0, 0.05) is 25.0 Å². The fourth-order valence-corrected chi connectivity index (χ4v) is 3.41. The van der Waals surface area contributed by atoms with E-state index in [0.29, 0.717) is 12.5 Å². The zero-order valence-electron chi connectivity index (χ0n) is 14.1. The number of methoxy groups -OCH3 is 1. The van der Waals surface area contributed by atoms with Gasteiger partial charge in [-0.1, -0.05) is 12.1 Å². The van der Waals surface area contributed by atoms with E-state index in [1.165, 1.54) is 5.56 Å². The molecule has 1 saturated heterocycles. The Kier molecular flexibility index (Phi) is 5.47. The van der Waals surface area contributed by atoms with Gasteiger partial charge in [-0.25, -0.2) is 0 Å². The number of aryl methyl sites for hydroxylation is 1. The molecule has 0 saturated carbocycles. The summed E-state index contributed by atoms with van der Waals surface area (Å²) in [5.74, 6) is 1.02. The SMILES string of the molecule is COc1cccc(CC(=O)N2CCC[C@H]2CCc2ccncc2)c1. The first-order valence-electron chi connectivity index (χ1n) is 8.57. The maximum atomic E-state index is 12.7. The van der Waals surface area contributed by atoms with Crippen LogP contribution in [0.4, 0.5) is 0 Å². The van der Waals surface area contributed by atoms with Crippen LogP contribution in [0.25, 0.3) is 0 Å². The number of nitrogens with zero attached hydrogens (tertiary/aromatic N) is 2. The van der Waals surface area contributed by atoms with Gasteiger partial charge in [0.25, 0.3) is 0 Å². The molecule has 0 radical (unpaired) electrons. The largest absolute Gasteiger partial charge is 0.497 e. The van der Waals surface area contributed by atoms with E-state index < -0.39 is 0 Å². The van der Waals surface area contributed by atoms with E-state index in [-0.39, 0.29) is 5.91 Å². The van der Waals surface area contributed by atoms with Crippen LogP contribution in [0.15, 0.2) is 48.8 Å². The van der Waals surface area contributed by atoms with Gasteiger partial charge >= 0.3 is 0 Å². The van der Waals surface area contributed by atoms with Crippen LogP contribution < -0.4 is 4.74 Å². The Balaban J connectivity index is 1.58. The minimum Gasteiger partial charge on any atom is -0.497 e. The van der Waals surface area contributed by atoms with Crippen molar-refractivity contribution in [2.24, 2.45) is 0 Å². The molecule has 2 aromatic rings. The molecule has 1 aliphatic heterocycles. The first-order valence-corrected chi connectivity index (χ1v) is 8.57. The second kappa shape index (κ2) is 7.95. The maximum Gasteiger partial charge on any atom is 0.227 e. The summed E-state index contributed by atoms with van der Waals surface area (Å²) in [6.45, 7) is 0.879. The molecule has 4 nitrogen and oxygen atoms in total. The molecule has 126 valence electrons. The van der Waals surface area contributed by atoms with E-state index in [2.05, 4.69) is 22.0 Å². The third-order valence-corrected chi connectivity index (χ3v) is 4.70. The van der Waals surface area contributed by atoms with Gasteiger partial charge in [0.1, 0.15) is 5.75 Å². The number of carbonyl (C=O) groups excluding carboxylic acids is 1. The van der Waals surface area contributed by atoms with Crippen LogP contribution in [-0.2, 0) is 17.6 Å². The van der Waals surface area contributed by atoms with Gasteiger partial charge in [-0.15, -0.1) is 0 Å². The predicted molar refractivity (Wildman–Crippen MR) is 94.0 cm³/mol. The third-order valence-electron chi connectivity index (χ3n) is 4.70. The smallest absolute Gasteiger partial charge is 0.227 e. The number of rotatable bonds is 6. The number of likely N-dealkylation sites (tertiary alicyclic amines) is 1. The summed E-state index contributed by atoms with van der Waals surface area (Å²) in [6, 6.07) is 12.2. The summed E-state index contributed by atoms with van der Waals surface area (Å²) in [6.07, 6.45) is 8.33. The number of ether oxygens (including phenoxy) is 1. The standard InChI is InChI=1S/C20H24N2O2/c1-24-19-6-2-4-17(14-19)15-20(23)22-13-3-5-18(22)8-7-16-9-11-21-12-10-16/h2,4,6,9-12,14,18H,3,5,7-8,13,15H2,1H3/t18-/m0/s1. The lowest BCUT2D eigenvalue weighted by atomic mass is 10.0. The molecule has 4 heteroatoms. The van der Waals surface area contributed by atoms with Crippen LogP contribution in [0.3, 0.4) is 0 Å². The first kappa shape index (κ1) is 16.5. The number of benzene rings is 1. The van der Waals surface area contributed by atoms with Crippen molar-refractivity contribution in [2.45, 2.75) is 38.1 Å². The first-order chi connectivity index (χ1) is 11.8. The van der Waals surface area contributed by atoms with Gasteiger partial charge in [0.2, 0.25) is 5.91 Å². The minimum absolute atomic E-state index is 0.223. The average Bonchev–Trinajstić information content (AvgIpc) is 3.10. The van der Waals surface area contributed by atoms with E-state index in [9.17, 15) is 4.79 Å². The van der Waals surface area contributed by atoms with Gasteiger partial charge in [-0.2, -0.15) is 0 Å². The molecule has 0 N–H and O–H groups in total. The Bertz CT molecular complexity index is 672. The molecule has 1 aromatic heterocycles. The van der Waals surface area contributed by atoms with Crippen molar-refractivity contribution >= 4 is 5.91 Å². The summed E-state index contributed by atoms with van der Waals surface area (Å²) in [4.78, 5) is 18.8. The molecule has 1 amide bonds. The molecule has 2 heterocycles. The lowest BCUT2D eigenvalue weighted by molar-refractivity contribution is -0.131. The molecular weight excluding hydrogens is 300 g/mol. The van der Waals surface area contributed by atoms with Gasteiger partial charge in [-0.3, -0.25) is 9.78 Å². The van der Waals surface area contributed by atoms with Crippen LogP contribution in [-0.4, -0.2) is 35.5 Å². The highest BCUT2D eigenvalue weighted by Crippen LogP contribution is 2.23. The number of hydrogen-bond acceptors (Lipinski definition) is 3. The molecular formula is C20H24N2O2. The number of aromatic nitrogens is 1. The molecule has 0 bridgehead atoms. The van der Waals surface area contributed by atoms with Crippen molar-refractivity contribution in [1.29, 1.82) is 0 Å². The van der Waals surface area contributed by atoms with Crippen molar-refractivity contribution in [3.8, 4) is 5.75 Å². The predicted octanol–water partition coefficient (Wildman–Crippen LogP) is 3.26. The number of amides is 1. The van der Waals surface area contributed by atoms with E-state index in [1.54, 1.807) is 7.11 Å². The summed E-state index contributed by atoms with van der Waals surface area (Å²) < 4.78 is 5.24. The zero-order chi connectivity index (χ0) is 16.8. The second-order valence-electron chi connectivity index (χ2n) is 6.31. The Morgan fingerprint density at radius 1 is 1.25 bits per heavy atom. The van der Waals surface area contributed by atoms with Crippen LogP contribution >= 0.6 is 0 Å². The van der Waals surface area contributed by atoms with Crippen LogP contribution in [0.1, 0.15) is 30.4 Å². The molecule has 24 heavy (non-hydrogen) atoms. The summed E-state index contributed by atoms with van der Waals surface area (Å²) >= 11 is 0. The highest BCUT2D eigenvalue weighted by molar-refractivity contribution is 5.79. The third kappa shape index (κ3) is 4.13. The molecule has 3 rings (SSSR count). The van der Waals surface area contributed by atoms with E-state index >= 15 is 0 Å². The summed E-state index contributed by atoms with van der Waals surface area (Å²) in [5, 5.41) is 0. The van der Waals surface area contributed by atoms with Crippen molar-refractivity contribution < 1.29 is 9.53 Å². The maximum absolute atomic E-state index is 12.7. The van der Waals surface area contributed by atoms with Crippen LogP contribution in [0.5, 0.6) is 5.75 Å². The van der Waals surface area contributed by atoms with Gasteiger partial charge in [0.15, 0.2) is 0 Å². The fraction of sp³-hybridized carbons (Fsp3) is 0.400. The van der Waals surface area contributed by atoms with Crippen molar-refractivity contribution in [1.82, 2.24) is 9.88 Å². The zero-order valence-corrected chi connectivity index (χ0v) is 14.1. The monoisotopic (exact) mass is 324 g/mol. The highest BCUT2D eigenvalue weighted by Gasteiger charge is 2.28. The lowest BCUT2D eigenvalue weighted by Gasteiger charge is -2.25. The fourth-order valence-electron chi connectivity index (χ4n) is 3.41. The Hall–Kier alpha value is -2.36. The van der Waals surface area contributed by atoms with Gasteiger partial charge < -0.3 is 9.64 Å². The lowest BCUT2D eigenvalue weighted by Crippen LogP contribution is -2.36. The van der Waals surface area contributed by atoms with Crippen LogP contribution in [0.2, 0.25) is 0 Å². The molecule has 0 aliphatic carbocycles. The van der Waals surface area contributed by atoms with Crippen LogP contribution in [0, 0.1) is 0 Å².